The Balaban J connectivity index is 1.77. The Kier molecular flexibility index (Phi) is 4.69. The minimum absolute atomic E-state index is 0.0222. The first-order chi connectivity index (χ1) is 11.7. The zero-order valence-corrected chi connectivity index (χ0v) is 15.6. The molecule has 0 radical (unpaired) electrons. The average molecular weight is 361 g/mol. The molecule has 1 aliphatic heterocycles. The standard InChI is InChI=1S/C18H23N3O3S/c1-12-4-6-15(7-5-12)10-21-14(3)17(13(2)20-21)18(22)19-16-8-9-25(23,24)11-16/h4-7,16H,8-11H2,1-3H3,(H,19,22). The maximum absolute atomic E-state index is 12.6. The van der Waals surface area contributed by atoms with Crippen molar-refractivity contribution in [1.82, 2.24) is 15.1 Å². The summed E-state index contributed by atoms with van der Waals surface area (Å²) in [7, 11) is -3.02. The molecule has 0 spiro atoms. The molecule has 1 amide bonds. The molecule has 1 saturated heterocycles. The van der Waals surface area contributed by atoms with Crippen LogP contribution >= 0.6 is 0 Å². The highest BCUT2D eigenvalue weighted by Crippen LogP contribution is 2.17. The topological polar surface area (TPSA) is 81.1 Å². The van der Waals surface area contributed by atoms with E-state index in [1.807, 2.05) is 18.5 Å². The molecule has 25 heavy (non-hydrogen) atoms. The van der Waals surface area contributed by atoms with Gasteiger partial charge in [-0.25, -0.2) is 8.42 Å². The lowest BCUT2D eigenvalue weighted by atomic mass is 10.1. The SMILES string of the molecule is Cc1ccc(Cn2nc(C)c(C(=O)NC3CCS(=O)(=O)C3)c2C)cc1. The van der Waals surface area contributed by atoms with Gasteiger partial charge in [-0.1, -0.05) is 29.8 Å². The van der Waals surface area contributed by atoms with Crippen molar-refractivity contribution in [3.8, 4) is 0 Å². The van der Waals surface area contributed by atoms with Crippen LogP contribution in [0.1, 0.15) is 39.3 Å². The highest BCUT2D eigenvalue weighted by molar-refractivity contribution is 7.91. The molecule has 1 unspecified atom stereocenters. The number of amides is 1. The number of rotatable bonds is 4. The monoisotopic (exact) mass is 361 g/mol. The van der Waals surface area contributed by atoms with Gasteiger partial charge in [0, 0.05) is 11.7 Å². The number of nitrogens with one attached hydrogen (secondary N) is 1. The van der Waals surface area contributed by atoms with E-state index in [2.05, 4.69) is 34.7 Å². The van der Waals surface area contributed by atoms with Gasteiger partial charge in [-0.2, -0.15) is 5.10 Å². The van der Waals surface area contributed by atoms with Crippen LogP contribution in [-0.2, 0) is 16.4 Å². The predicted molar refractivity (Wildman–Crippen MR) is 96.5 cm³/mol. The lowest BCUT2D eigenvalue weighted by molar-refractivity contribution is 0.0940. The molecule has 134 valence electrons. The number of carbonyl (C=O) groups excluding carboxylic acids is 1. The summed E-state index contributed by atoms with van der Waals surface area (Å²) in [5, 5.41) is 7.34. The van der Waals surface area contributed by atoms with E-state index in [0.29, 0.717) is 24.2 Å². The van der Waals surface area contributed by atoms with Crippen LogP contribution in [-0.4, -0.2) is 41.7 Å². The highest BCUT2D eigenvalue weighted by Gasteiger charge is 2.30. The maximum atomic E-state index is 12.6. The Morgan fingerprint density at radius 3 is 2.52 bits per heavy atom. The summed E-state index contributed by atoms with van der Waals surface area (Å²) in [5.41, 5.74) is 4.30. The third kappa shape index (κ3) is 3.92. The van der Waals surface area contributed by atoms with Crippen LogP contribution < -0.4 is 5.32 Å². The van der Waals surface area contributed by atoms with Crippen LogP contribution in [0.2, 0.25) is 0 Å². The van der Waals surface area contributed by atoms with Crippen LogP contribution in [0.15, 0.2) is 24.3 Å². The lowest BCUT2D eigenvalue weighted by Gasteiger charge is -2.11. The third-order valence-corrected chi connectivity index (χ3v) is 6.40. The molecule has 2 heterocycles. The van der Waals surface area contributed by atoms with E-state index in [1.165, 1.54) is 5.56 Å². The van der Waals surface area contributed by atoms with Gasteiger partial charge in [0.2, 0.25) is 0 Å². The summed E-state index contributed by atoms with van der Waals surface area (Å²) in [6.45, 7) is 6.31. The Hall–Kier alpha value is -2.15. The Bertz CT molecular complexity index is 898. The number of hydrogen-bond donors (Lipinski definition) is 1. The number of aromatic nitrogens is 2. The van der Waals surface area contributed by atoms with E-state index in [-0.39, 0.29) is 23.5 Å². The summed E-state index contributed by atoms with van der Waals surface area (Å²) in [6, 6.07) is 7.89. The van der Waals surface area contributed by atoms with Crippen molar-refractivity contribution in [2.75, 3.05) is 11.5 Å². The van der Waals surface area contributed by atoms with Crippen molar-refractivity contribution in [2.24, 2.45) is 0 Å². The minimum atomic E-state index is -3.02. The summed E-state index contributed by atoms with van der Waals surface area (Å²) >= 11 is 0. The van der Waals surface area contributed by atoms with E-state index in [0.717, 1.165) is 11.3 Å². The van der Waals surface area contributed by atoms with Crippen molar-refractivity contribution in [1.29, 1.82) is 0 Å². The number of aryl methyl sites for hydroxylation is 2. The predicted octanol–water partition coefficient (Wildman–Crippen LogP) is 1.77. The molecule has 0 bridgehead atoms. The van der Waals surface area contributed by atoms with E-state index < -0.39 is 9.84 Å². The second kappa shape index (κ2) is 6.63. The molecule has 1 aliphatic rings. The van der Waals surface area contributed by atoms with Gasteiger partial charge >= 0.3 is 0 Å². The van der Waals surface area contributed by atoms with E-state index in [4.69, 9.17) is 0 Å². The molecular formula is C18H23N3O3S. The van der Waals surface area contributed by atoms with Crippen LogP contribution in [0.5, 0.6) is 0 Å². The fraction of sp³-hybridized carbons (Fsp3) is 0.444. The van der Waals surface area contributed by atoms with E-state index in [9.17, 15) is 13.2 Å². The van der Waals surface area contributed by atoms with Crippen molar-refractivity contribution in [3.63, 3.8) is 0 Å². The van der Waals surface area contributed by atoms with Crippen molar-refractivity contribution in [3.05, 3.63) is 52.3 Å². The van der Waals surface area contributed by atoms with Gasteiger partial charge in [-0.15, -0.1) is 0 Å². The number of benzene rings is 1. The highest BCUT2D eigenvalue weighted by atomic mass is 32.2. The van der Waals surface area contributed by atoms with Crippen LogP contribution in [0.25, 0.3) is 0 Å². The first-order valence-corrected chi connectivity index (χ1v) is 10.2. The van der Waals surface area contributed by atoms with Crippen molar-refractivity contribution in [2.45, 2.75) is 39.8 Å². The summed E-state index contributed by atoms with van der Waals surface area (Å²) in [4.78, 5) is 12.6. The van der Waals surface area contributed by atoms with Crippen LogP contribution in [0.4, 0.5) is 0 Å². The Labute approximate surface area is 148 Å². The molecule has 1 N–H and O–H groups in total. The summed E-state index contributed by atoms with van der Waals surface area (Å²) < 4.78 is 24.9. The molecule has 2 aromatic rings. The molecule has 0 saturated carbocycles. The number of carbonyl (C=O) groups is 1. The van der Waals surface area contributed by atoms with Gasteiger partial charge in [0.05, 0.1) is 29.3 Å². The number of hydrogen-bond acceptors (Lipinski definition) is 4. The quantitative estimate of drug-likeness (QED) is 0.900. The fourth-order valence-electron chi connectivity index (χ4n) is 3.21. The van der Waals surface area contributed by atoms with E-state index >= 15 is 0 Å². The average Bonchev–Trinajstić information content (AvgIpc) is 3.00. The lowest BCUT2D eigenvalue weighted by Crippen LogP contribution is -2.36. The molecule has 7 heteroatoms. The van der Waals surface area contributed by atoms with E-state index in [1.54, 1.807) is 6.92 Å². The van der Waals surface area contributed by atoms with Crippen molar-refractivity contribution >= 4 is 15.7 Å². The third-order valence-electron chi connectivity index (χ3n) is 4.63. The smallest absolute Gasteiger partial charge is 0.255 e. The van der Waals surface area contributed by atoms with Gasteiger partial charge in [-0.05, 0) is 32.8 Å². The normalized spacial score (nSPS) is 19.1. The molecule has 3 rings (SSSR count). The minimum Gasteiger partial charge on any atom is -0.348 e. The summed E-state index contributed by atoms with van der Waals surface area (Å²) in [5.74, 6) is -0.0797. The fourth-order valence-corrected chi connectivity index (χ4v) is 4.89. The van der Waals surface area contributed by atoms with Crippen LogP contribution in [0.3, 0.4) is 0 Å². The Morgan fingerprint density at radius 2 is 1.92 bits per heavy atom. The second-order valence-corrected chi connectivity index (χ2v) is 8.99. The zero-order valence-electron chi connectivity index (χ0n) is 14.7. The molecule has 1 atom stereocenters. The largest absolute Gasteiger partial charge is 0.348 e. The van der Waals surface area contributed by atoms with Gasteiger partial charge in [0.25, 0.3) is 5.91 Å². The van der Waals surface area contributed by atoms with Gasteiger partial charge in [0.1, 0.15) is 0 Å². The molecule has 0 aliphatic carbocycles. The second-order valence-electron chi connectivity index (χ2n) is 6.76. The van der Waals surface area contributed by atoms with Crippen molar-refractivity contribution < 1.29 is 13.2 Å². The molecule has 1 aromatic heterocycles. The van der Waals surface area contributed by atoms with Crippen LogP contribution in [0, 0.1) is 20.8 Å². The number of nitrogens with zero attached hydrogens (tertiary/aromatic N) is 2. The van der Waals surface area contributed by atoms with Gasteiger partial charge in [0.15, 0.2) is 9.84 Å². The molecular weight excluding hydrogens is 338 g/mol. The Morgan fingerprint density at radius 1 is 1.24 bits per heavy atom. The molecule has 1 aromatic carbocycles. The maximum Gasteiger partial charge on any atom is 0.255 e. The number of sulfone groups is 1. The van der Waals surface area contributed by atoms with Gasteiger partial charge in [-0.3, -0.25) is 9.48 Å². The first-order valence-electron chi connectivity index (χ1n) is 8.36. The zero-order chi connectivity index (χ0) is 18.2. The molecule has 1 fully saturated rings. The molecule has 6 nitrogen and oxygen atoms in total. The first kappa shape index (κ1) is 17.7. The van der Waals surface area contributed by atoms with Gasteiger partial charge < -0.3 is 5.32 Å². The summed E-state index contributed by atoms with van der Waals surface area (Å²) in [6.07, 6.45) is 0.476.